The smallest absolute Gasteiger partial charge is 0.110 e. The van der Waals surface area contributed by atoms with Crippen molar-refractivity contribution in [1.82, 2.24) is 9.88 Å². The predicted octanol–water partition coefficient (Wildman–Crippen LogP) is 2.57. The van der Waals surface area contributed by atoms with Crippen molar-refractivity contribution in [3.05, 3.63) is 15.6 Å². The van der Waals surface area contributed by atoms with Gasteiger partial charge in [0.15, 0.2) is 0 Å². The highest BCUT2D eigenvalue weighted by Gasteiger charge is 2.32. The maximum absolute atomic E-state index is 6.26. The lowest BCUT2D eigenvalue weighted by atomic mass is 10.1. The van der Waals surface area contributed by atoms with Gasteiger partial charge in [-0.25, -0.2) is 4.98 Å². The Kier molecular flexibility index (Phi) is 3.43. The average molecular weight is 265 g/mol. The minimum atomic E-state index is 0.208. The van der Waals surface area contributed by atoms with Gasteiger partial charge in [-0.3, -0.25) is 4.90 Å². The molecule has 0 radical (unpaired) electrons. The lowest BCUT2D eigenvalue weighted by Crippen LogP contribution is -2.32. The van der Waals surface area contributed by atoms with Crippen LogP contribution in [0.25, 0.3) is 0 Å². The molecule has 1 unspecified atom stereocenters. The van der Waals surface area contributed by atoms with E-state index < -0.39 is 0 Å². The first kappa shape index (κ1) is 12.6. The van der Waals surface area contributed by atoms with E-state index in [-0.39, 0.29) is 6.04 Å². The first-order valence-electron chi connectivity index (χ1n) is 7.10. The van der Waals surface area contributed by atoms with Crippen molar-refractivity contribution in [1.29, 1.82) is 0 Å². The van der Waals surface area contributed by atoms with E-state index in [1.54, 1.807) is 0 Å². The zero-order valence-corrected chi connectivity index (χ0v) is 12.2. The summed E-state index contributed by atoms with van der Waals surface area (Å²) in [4.78, 5) is 8.81. The molecule has 100 valence electrons. The number of hydrogen-bond acceptors (Lipinski definition) is 4. The summed E-state index contributed by atoms with van der Waals surface area (Å²) in [5.74, 6) is 1.46. The Morgan fingerprint density at radius 3 is 2.89 bits per heavy atom. The molecule has 18 heavy (non-hydrogen) atoms. The average Bonchev–Trinajstić information content (AvgIpc) is 3.07. The minimum Gasteiger partial charge on any atom is -0.322 e. The Balaban J connectivity index is 1.71. The van der Waals surface area contributed by atoms with Crippen LogP contribution < -0.4 is 5.73 Å². The number of nitrogens with two attached hydrogens (primary N) is 1. The molecule has 2 N–H and O–H groups in total. The molecule has 1 aromatic rings. The van der Waals surface area contributed by atoms with E-state index in [1.165, 1.54) is 35.0 Å². The van der Waals surface area contributed by atoms with E-state index in [0.29, 0.717) is 5.92 Å². The summed E-state index contributed by atoms with van der Waals surface area (Å²) in [6.45, 7) is 8.02. The molecule has 3 rings (SSSR count). The van der Waals surface area contributed by atoms with Crippen LogP contribution in [0, 0.1) is 11.8 Å². The minimum absolute atomic E-state index is 0.208. The summed E-state index contributed by atoms with van der Waals surface area (Å²) in [5.41, 5.74) is 7.59. The van der Waals surface area contributed by atoms with Crippen LogP contribution in [0.1, 0.15) is 48.3 Å². The van der Waals surface area contributed by atoms with E-state index in [1.807, 2.05) is 11.3 Å². The maximum atomic E-state index is 6.26. The van der Waals surface area contributed by atoms with Gasteiger partial charge in [0.05, 0.1) is 11.7 Å². The van der Waals surface area contributed by atoms with E-state index in [9.17, 15) is 0 Å². The second-order valence-electron chi connectivity index (χ2n) is 6.16. The molecular formula is C14H23N3S. The van der Waals surface area contributed by atoms with Gasteiger partial charge in [-0.05, 0) is 24.7 Å². The summed E-state index contributed by atoms with van der Waals surface area (Å²) in [6, 6.07) is 0.208. The molecule has 0 aromatic carbocycles. The molecule has 2 aliphatic rings. The predicted molar refractivity (Wildman–Crippen MR) is 75.6 cm³/mol. The second kappa shape index (κ2) is 4.91. The number of thiazole rings is 1. The molecule has 1 saturated carbocycles. The molecule has 0 bridgehead atoms. The van der Waals surface area contributed by atoms with Gasteiger partial charge in [-0.1, -0.05) is 13.8 Å². The maximum Gasteiger partial charge on any atom is 0.110 e. The van der Waals surface area contributed by atoms with Crippen molar-refractivity contribution in [3.63, 3.8) is 0 Å². The lowest BCUT2D eigenvalue weighted by molar-refractivity contribution is 0.228. The first-order chi connectivity index (χ1) is 8.63. The zero-order chi connectivity index (χ0) is 12.7. The zero-order valence-electron chi connectivity index (χ0n) is 11.4. The van der Waals surface area contributed by atoms with E-state index >= 15 is 0 Å². The monoisotopic (exact) mass is 265 g/mol. The Morgan fingerprint density at radius 1 is 1.44 bits per heavy atom. The fourth-order valence-electron chi connectivity index (χ4n) is 2.74. The quantitative estimate of drug-likeness (QED) is 0.910. The normalized spacial score (nSPS) is 22.2. The highest BCUT2D eigenvalue weighted by molar-refractivity contribution is 7.11. The fourth-order valence-corrected chi connectivity index (χ4v) is 3.99. The summed E-state index contributed by atoms with van der Waals surface area (Å²) in [5, 5.41) is 1.19. The Labute approximate surface area is 113 Å². The molecule has 1 fully saturated rings. The molecule has 0 spiro atoms. The SMILES string of the molecule is CC(C)CN1CCc2nc(C(N)C3CC3)sc2C1. The molecule has 0 amide bonds. The van der Waals surface area contributed by atoms with Gasteiger partial charge in [0.25, 0.3) is 0 Å². The van der Waals surface area contributed by atoms with E-state index in [0.717, 1.165) is 25.4 Å². The number of aromatic nitrogens is 1. The summed E-state index contributed by atoms with van der Waals surface area (Å²) in [6.07, 6.45) is 3.70. The molecular weight excluding hydrogens is 242 g/mol. The Hall–Kier alpha value is -0.450. The highest BCUT2D eigenvalue weighted by Crippen LogP contribution is 2.41. The van der Waals surface area contributed by atoms with Crippen LogP contribution in [0.2, 0.25) is 0 Å². The van der Waals surface area contributed by atoms with Crippen LogP contribution in [0.3, 0.4) is 0 Å². The first-order valence-corrected chi connectivity index (χ1v) is 7.91. The van der Waals surface area contributed by atoms with Crippen molar-refractivity contribution >= 4 is 11.3 Å². The van der Waals surface area contributed by atoms with Crippen LogP contribution in [0.5, 0.6) is 0 Å². The molecule has 1 atom stereocenters. The van der Waals surface area contributed by atoms with Crippen molar-refractivity contribution in [2.75, 3.05) is 13.1 Å². The van der Waals surface area contributed by atoms with Crippen LogP contribution in [0.15, 0.2) is 0 Å². The fraction of sp³-hybridized carbons (Fsp3) is 0.786. The standard InChI is InChI=1S/C14H23N3S/c1-9(2)7-17-6-5-11-12(8-17)18-14(16-11)13(15)10-3-4-10/h9-10,13H,3-8,15H2,1-2H3. The van der Waals surface area contributed by atoms with Crippen LogP contribution in [-0.2, 0) is 13.0 Å². The third-order valence-corrected chi connectivity index (χ3v) is 5.05. The van der Waals surface area contributed by atoms with Gasteiger partial charge in [0.2, 0.25) is 0 Å². The van der Waals surface area contributed by atoms with Crippen molar-refractivity contribution in [3.8, 4) is 0 Å². The topological polar surface area (TPSA) is 42.2 Å². The third-order valence-electron chi connectivity index (χ3n) is 3.87. The van der Waals surface area contributed by atoms with Crippen molar-refractivity contribution < 1.29 is 0 Å². The molecule has 1 aliphatic heterocycles. The van der Waals surface area contributed by atoms with Crippen LogP contribution in [0.4, 0.5) is 0 Å². The number of hydrogen-bond donors (Lipinski definition) is 1. The van der Waals surface area contributed by atoms with Gasteiger partial charge in [0, 0.05) is 30.9 Å². The molecule has 0 saturated heterocycles. The Bertz CT molecular complexity index is 423. The van der Waals surface area contributed by atoms with Crippen molar-refractivity contribution in [2.24, 2.45) is 17.6 Å². The molecule has 2 heterocycles. The van der Waals surface area contributed by atoms with Crippen LogP contribution >= 0.6 is 11.3 Å². The largest absolute Gasteiger partial charge is 0.322 e. The van der Waals surface area contributed by atoms with E-state index in [2.05, 4.69) is 18.7 Å². The number of rotatable bonds is 4. The number of nitrogens with zero attached hydrogens (tertiary/aromatic N) is 2. The molecule has 1 aromatic heterocycles. The second-order valence-corrected chi connectivity index (χ2v) is 7.28. The molecule has 4 heteroatoms. The Morgan fingerprint density at radius 2 is 2.22 bits per heavy atom. The van der Waals surface area contributed by atoms with Crippen LogP contribution in [-0.4, -0.2) is 23.0 Å². The van der Waals surface area contributed by atoms with Gasteiger partial charge in [-0.2, -0.15) is 0 Å². The van der Waals surface area contributed by atoms with Gasteiger partial charge >= 0.3 is 0 Å². The van der Waals surface area contributed by atoms with Crippen molar-refractivity contribution in [2.45, 2.75) is 45.7 Å². The molecule has 1 aliphatic carbocycles. The third kappa shape index (κ3) is 2.60. The summed E-state index contributed by atoms with van der Waals surface area (Å²) in [7, 11) is 0. The number of fused-ring (bicyclic) bond motifs is 1. The summed E-state index contributed by atoms with van der Waals surface area (Å²) < 4.78 is 0. The summed E-state index contributed by atoms with van der Waals surface area (Å²) >= 11 is 1.86. The van der Waals surface area contributed by atoms with E-state index in [4.69, 9.17) is 10.7 Å². The highest BCUT2D eigenvalue weighted by atomic mass is 32.1. The van der Waals surface area contributed by atoms with Gasteiger partial charge < -0.3 is 5.73 Å². The molecule has 3 nitrogen and oxygen atoms in total. The van der Waals surface area contributed by atoms with Gasteiger partial charge in [0.1, 0.15) is 5.01 Å². The van der Waals surface area contributed by atoms with Gasteiger partial charge in [-0.15, -0.1) is 11.3 Å². The lowest BCUT2D eigenvalue weighted by Gasteiger charge is -2.27.